The fraction of sp³-hybridized carbons (Fsp3) is 0.0526. The third kappa shape index (κ3) is 2.34. The number of benzene rings is 3. The van der Waals surface area contributed by atoms with E-state index < -0.39 is 91.9 Å². The summed E-state index contributed by atoms with van der Waals surface area (Å²) in [5, 5.41) is 0. The van der Waals surface area contributed by atoms with Gasteiger partial charge in [-0.1, -0.05) is 6.07 Å². The van der Waals surface area contributed by atoms with Crippen LogP contribution in [0.4, 0.5) is 43.9 Å². The first-order valence-corrected chi connectivity index (χ1v) is 7.75. The molecule has 0 N–H and O–H groups in total. The Labute approximate surface area is 155 Å². The summed E-state index contributed by atoms with van der Waals surface area (Å²) in [5.74, 6) is -24.2. The molecule has 0 aromatic heterocycles. The molecule has 150 valence electrons. The van der Waals surface area contributed by atoms with Crippen molar-refractivity contribution in [3.8, 4) is 11.1 Å². The quantitative estimate of drug-likeness (QED) is 0.194. The maximum atomic E-state index is 14.5. The van der Waals surface area contributed by atoms with Gasteiger partial charge in [-0.3, -0.25) is 0 Å². The highest BCUT2D eigenvalue weighted by Crippen LogP contribution is 2.54. The van der Waals surface area contributed by atoms with Crippen molar-refractivity contribution >= 4 is 0 Å². The fourth-order valence-corrected chi connectivity index (χ4v) is 3.55. The van der Waals surface area contributed by atoms with E-state index in [4.69, 9.17) is 0 Å². The smallest absolute Gasteiger partial charge is 0.198 e. The zero-order valence-electron chi connectivity index (χ0n) is 13.6. The molecule has 3 aromatic carbocycles. The van der Waals surface area contributed by atoms with E-state index in [1.165, 1.54) is 0 Å². The molecular formula is C19H4F10. The van der Waals surface area contributed by atoms with E-state index in [0.29, 0.717) is 12.1 Å². The van der Waals surface area contributed by atoms with Crippen LogP contribution >= 0.6 is 0 Å². The Bertz CT molecular complexity index is 1130. The summed E-state index contributed by atoms with van der Waals surface area (Å²) in [4.78, 5) is 0. The van der Waals surface area contributed by atoms with Gasteiger partial charge in [0.1, 0.15) is 11.6 Å². The minimum atomic E-state index is -2.46. The largest absolute Gasteiger partial charge is 0.207 e. The van der Waals surface area contributed by atoms with E-state index in [9.17, 15) is 43.9 Å². The van der Waals surface area contributed by atoms with Crippen molar-refractivity contribution in [2.45, 2.75) is 5.92 Å². The average molecular weight is 422 g/mol. The van der Waals surface area contributed by atoms with Gasteiger partial charge in [0.15, 0.2) is 46.5 Å². The van der Waals surface area contributed by atoms with Crippen molar-refractivity contribution in [3.63, 3.8) is 0 Å². The van der Waals surface area contributed by atoms with Gasteiger partial charge in [0.05, 0.1) is 0 Å². The van der Waals surface area contributed by atoms with Crippen LogP contribution in [0.1, 0.15) is 22.6 Å². The highest BCUT2D eigenvalue weighted by molar-refractivity contribution is 5.82. The predicted octanol–water partition coefficient (Wildman–Crippen LogP) is 6.24. The molecule has 0 bridgehead atoms. The van der Waals surface area contributed by atoms with Crippen LogP contribution < -0.4 is 0 Å². The van der Waals surface area contributed by atoms with Crippen molar-refractivity contribution < 1.29 is 43.9 Å². The van der Waals surface area contributed by atoms with Crippen LogP contribution in [-0.4, -0.2) is 0 Å². The Hall–Kier alpha value is -3.04. The number of fused-ring (bicyclic) bond motifs is 3. The lowest BCUT2D eigenvalue weighted by Gasteiger charge is -2.17. The molecular weight excluding hydrogens is 418 g/mol. The van der Waals surface area contributed by atoms with E-state index in [0.717, 1.165) is 6.07 Å². The lowest BCUT2D eigenvalue weighted by Crippen LogP contribution is -2.12. The summed E-state index contributed by atoms with van der Waals surface area (Å²) in [7, 11) is 0. The zero-order chi connectivity index (χ0) is 21.4. The molecule has 0 atom stereocenters. The van der Waals surface area contributed by atoms with E-state index >= 15 is 0 Å². The van der Waals surface area contributed by atoms with Gasteiger partial charge in [0.25, 0.3) is 0 Å². The molecule has 3 aromatic rings. The van der Waals surface area contributed by atoms with E-state index in [1.54, 1.807) is 0 Å². The van der Waals surface area contributed by atoms with E-state index in [2.05, 4.69) is 0 Å². The summed E-state index contributed by atoms with van der Waals surface area (Å²) in [6.07, 6.45) is 0. The molecule has 29 heavy (non-hydrogen) atoms. The minimum Gasteiger partial charge on any atom is -0.207 e. The van der Waals surface area contributed by atoms with E-state index in [1.807, 2.05) is 0 Å². The van der Waals surface area contributed by atoms with Gasteiger partial charge in [0.2, 0.25) is 0 Å². The summed E-state index contributed by atoms with van der Waals surface area (Å²) >= 11 is 0. The van der Waals surface area contributed by atoms with Gasteiger partial charge in [-0.05, 0) is 12.1 Å². The number of rotatable bonds is 1. The summed E-state index contributed by atoms with van der Waals surface area (Å²) in [6.45, 7) is 0. The van der Waals surface area contributed by atoms with Gasteiger partial charge in [-0.15, -0.1) is 0 Å². The topological polar surface area (TPSA) is 0 Å². The Morgan fingerprint density at radius 2 is 0.759 bits per heavy atom. The Morgan fingerprint density at radius 1 is 0.414 bits per heavy atom. The predicted molar refractivity (Wildman–Crippen MR) is 78.8 cm³/mol. The number of hydrogen-bond acceptors (Lipinski definition) is 0. The van der Waals surface area contributed by atoms with E-state index in [-0.39, 0.29) is 0 Å². The number of hydrogen-bond donors (Lipinski definition) is 0. The van der Waals surface area contributed by atoms with Crippen molar-refractivity contribution in [2.75, 3.05) is 0 Å². The van der Waals surface area contributed by atoms with Gasteiger partial charge in [0, 0.05) is 33.7 Å². The van der Waals surface area contributed by atoms with Crippen molar-refractivity contribution in [1.29, 1.82) is 0 Å². The summed E-state index contributed by atoms with van der Waals surface area (Å²) in [5.41, 5.74) is -7.02. The highest BCUT2D eigenvalue weighted by Gasteiger charge is 2.46. The standard InChI is InChI=1S/C19H4F10/c20-4-2-1-3-5(21)6(4)7-8-10(14(24)18(28)16(26)12(8)22)11-9(7)13(23)17(27)19(29)15(11)25/h1-3,7H. The molecule has 0 fully saturated rings. The SMILES string of the molecule is Fc1cccc(F)c1C1c2c(F)c(F)c(F)c(F)c2-c2c(F)c(F)c(F)c(F)c21. The Balaban J connectivity index is 2.29. The monoisotopic (exact) mass is 422 g/mol. The fourth-order valence-electron chi connectivity index (χ4n) is 3.55. The summed E-state index contributed by atoms with van der Waals surface area (Å²) < 4.78 is 141. The first kappa shape index (κ1) is 19.3. The number of halogens is 10. The third-order valence-electron chi connectivity index (χ3n) is 4.72. The van der Waals surface area contributed by atoms with Crippen LogP contribution in [0, 0.1) is 58.2 Å². The Morgan fingerprint density at radius 3 is 1.14 bits per heavy atom. The molecule has 0 saturated carbocycles. The third-order valence-corrected chi connectivity index (χ3v) is 4.72. The first-order chi connectivity index (χ1) is 13.6. The van der Waals surface area contributed by atoms with Crippen LogP contribution in [0.2, 0.25) is 0 Å². The molecule has 0 saturated heterocycles. The lowest BCUT2D eigenvalue weighted by atomic mass is 9.87. The van der Waals surface area contributed by atoms with Crippen LogP contribution in [0.5, 0.6) is 0 Å². The van der Waals surface area contributed by atoms with Gasteiger partial charge in [-0.2, -0.15) is 0 Å². The van der Waals surface area contributed by atoms with Gasteiger partial charge < -0.3 is 0 Å². The molecule has 0 amide bonds. The van der Waals surface area contributed by atoms with Crippen molar-refractivity contribution in [3.05, 3.63) is 93.1 Å². The molecule has 1 aliphatic rings. The summed E-state index contributed by atoms with van der Waals surface area (Å²) in [6, 6.07) is 2.06. The minimum absolute atomic E-state index is 0.609. The van der Waals surface area contributed by atoms with Crippen LogP contribution in [0.3, 0.4) is 0 Å². The molecule has 0 radical (unpaired) electrons. The maximum Gasteiger partial charge on any atom is 0.198 e. The molecule has 0 nitrogen and oxygen atoms in total. The lowest BCUT2D eigenvalue weighted by molar-refractivity contribution is 0.404. The molecule has 1 aliphatic carbocycles. The highest BCUT2D eigenvalue weighted by atomic mass is 19.2. The van der Waals surface area contributed by atoms with Crippen LogP contribution in [0.25, 0.3) is 11.1 Å². The normalized spacial score (nSPS) is 13.0. The second kappa shape index (κ2) is 6.23. The van der Waals surface area contributed by atoms with Crippen LogP contribution in [0.15, 0.2) is 18.2 Å². The second-order valence-electron chi connectivity index (χ2n) is 6.16. The molecule has 0 spiro atoms. The van der Waals surface area contributed by atoms with Crippen molar-refractivity contribution in [1.82, 2.24) is 0 Å². The molecule has 0 unspecified atom stereocenters. The molecule has 10 heteroatoms. The second-order valence-corrected chi connectivity index (χ2v) is 6.16. The Kier molecular flexibility index (Phi) is 4.14. The zero-order valence-corrected chi connectivity index (χ0v) is 13.6. The maximum absolute atomic E-state index is 14.5. The molecule has 0 heterocycles. The van der Waals surface area contributed by atoms with Crippen molar-refractivity contribution in [2.24, 2.45) is 0 Å². The molecule has 4 rings (SSSR count). The van der Waals surface area contributed by atoms with Gasteiger partial charge in [-0.25, -0.2) is 43.9 Å². The first-order valence-electron chi connectivity index (χ1n) is 7.75. The van der Waals surface area contributed by atoms with Gasteiger partial charge >= 0.3 is 0 Å². The average Bonchev–Trinajstić information content (AvgIpc) is 3.03. The van der Waals surface area contributed by atoms with Crippen LogP contribution in [-0.2, 0) is 0 Å². The molecule has 0 aliphatic heterocycles.